The Balaban J connectivity index is 1.74. The number of piperidine rings is 2. The largest absolute Gasteiger partial charge is 0.320 e. The molecule has 150 valence electrons. The van der Waals surface area contributed by atoms with Crippen LogP contribution in [0.2, 0.25) is 0 Å². The van der Waals surface area contributed by atoms with Crippen molar-refractivity contribution in [2.45, 2.75) is 115 Å². The normalized spacial score (nSPS) is 31.5. The summed E-state index contributed by atoms with van der Waals surface area (Å²) in [6, 6.07) is 0.935. The SMILES string of the molecule is CC1(C)CC(N2CCN(C3CC(C)(C)NC(C)(C)C3)C2=O)CC(C)(C)N1. The molecule has 3 saturated heterocycles. The average molecular weight is 365 g/mol. The summed E-state index contributed by atoms with van der Waals surface area (Å²) in [6.07, 6.45) is 4.11. The molecule has 5 nitrogen and oxygen atoms in total. The molecule has 0 spiro atoms. The summed E-state index contributed by atoms with van der Waals surface area (Å²) >= 11 is 0. The molecule has 0 atom stereocenters. The number of rotatable bonds is 2. The second-order valence-electron chi connectivity index (χ2n) is 11.6. The topological polar surface area (TPSA) is 47.6 Å². The zero-order chi connectivity index (χ0) is 19.5. The zero-order valence-electron chi connectivity index (χ0n) is 18.2. The second-order valence-corrected chi connectivity index (χ2v) is 11.6. The minimum Gasteiger partial charge on any atom is -0.320 e. The molecule has 3 fully saturated rings. The first-order chi connectivity index (χ1) is 11.7. The molecule has 0 saturated carbocycles. The number of nitrogens with zero attached hydrogens (tertiary/aromatic N) is 2. The van der Waals surface area contributed by atoms with Crippen LogP contribution in [0.1, 0.15) is 81.1 Å². The Labute approximate surface area is 160 Å². The molecule has 26 heavy (non-hydrogen) atoms. The first-order valence-electron chi connectivity index (χ1n) is 10.3. The molecule has 0 aromatic carbocycles. The van der Waals surface area contributed by atoms with E-state index in [9.17, 15) is 4.79 Å². The van der Waals surface area contributed by atoms with Gasteiger partial charge in [0.05, 0.1) is 0 Å². The van der Waals surface area contributed by atoms with E-state index in [2.05, 4.69) is 75.8 Å². The van der Waals surface area contributed by atoms with E-state index < -0.39 is 0 Å². The summed E-state index contributed by atoms with van der Waals surface area (Å²) in [4.78, 5) is 17.7. The van der Waals surface area contributed by atoms with Crippen molar-refractivity contribution in [3.8, 4) is 0 Å². The summed E-state index contributed by atoms with van der Waals surface area (Å²) in [5, 5.41) is 7.47. The van der Waals surface area contributed by atoms with Gasteiger partial charge in [0, 0.05) is 47.3 Å². The van der Waals surface area contributed by atoms with Gasteiger partial charge in [0.1, 0.15) is 0 Å². The Kier molecular flexibility index (Phi) is 4.68. The van der Waals surface area contributed by atoms with Crippen LogP contribution in [0.25, 0.3) is 0 Å². The second kappa shape index (κ2) is 6.10. The number of nitrogens with one attached hydrogen (secondary N) is 2. The molecule has 5 heteroatoms. The first-order valence-corrected chi connectivity index (χ1v) is 10.3. The Bertz CT molecular complexity index is 486. The van der Waals surface area contributed by atoms with Crippen LogP contribution in [-0.4, -0.2) is 63.2 Å². The van der Waals surface area contributed by atoms with Gasteiger partial charge < -0.3 is 20.4 Å². The molecule has 3 rings (SSSR count). The van der Waals surface area contributed by atoms with E-state index in [0.717, 1.165) is 38.8 Å². The van der Waals surface area contributed by atoms with Crippen molar-refractivity contribution in [1.29, 1.82) is 0 Å². The van der Waals surface area contributed by atoms with Crippen molar-refractivity contribution >= 4 is 6.03 Å². The fourth-order valence-electron chi connectivity index (χ4n) is 6.23. The summed E-state index contributed by atoms with van der Waals surface area (Å²) < 4.78 is 0. The maximum absolute atomic E-state index is 13.4. The molecule has 2 amide bonds. The average Bonchev–Trinajstić information content (AvgIpc) is 2.73. The molecular weight excluding hydrogens is 324 g/mol. The van der Waals surface area contributed by atoms with Crippen LogP contribution in [0.4, 0.5) is 4.79 Å². The van der Waals surface area contributed by atoms with Crippen LogP contribution in [0, 0.1) is 0 Å². The van der Waals surface area contributed by atoms with Crippen molar-refractivity contribution < 1.29 is 4.79 Å². The van der Waals surface area contributed by atoms with Gasteiger partial charge in [-0.15, -0.1) is 0 Å². The fraction of sp³-hybridized carbons (Fsp3) is 0.952. The van der Waals surface area contributed by atoms with Gasteiger partial charge in [-0.2, -0.15) is 0 Å². The van der Waals surface area contributed by atoms with Crippen molar-refractivity contribution in [3.05, 3.63) is 0 Å². The van der Waals surface area contributed by atoms with E-state index in [4.69, 9.17) is 0 Å². The molecule has 0 aliphatic carbocycles. The number of hydrogen-bond donors (Lipinski definition) is 2. The lowest BCUT2D eigenvalue weighted by molar-refractivity contribution is 0.0758. The predicted octanol–water partition coefficient (Wildman–Crippen LogP) is 3.34. The lowest BCUT2D eigenvalue weighted by atomic mass is 9.79. The number of carbonyl (C=O) groups is 1. The van der Waals surface area contributed by atoms with Gasteiger partial charge in [-0.25, -0.2) is 4.79 Å². The molecule has 0 bridgehead atoms. The van der Waals surface area contributed by atoms with Gasteiger partial charge in [-0.05, 0) is 81.1 Å². The highest BCUT2D eigenvalue weighted by Crippen LogP contribution is 2.36. The van der Waals surface area contributed by atoms with Crippen molar-refractivity contribution in [1.82, 2.24) is 20.4 Å². The lowest BCUT2D eigenvalue weighted by Gasteiger charge is -2.50. The summed E-state index contributed by atoms with van der Waals surface area (Å²) in [5.74, 6) is 0. The Morgan fingerprint density at radius 1 is 0.654 bits per heavy atom. The third-order valence-corrected chi connectivity index (χ3v) is 6.29. The summed E-state index contributed by atoms with van der Waals surface area (Å²) in [6.45, 7) is 19.8. The Hall–Kier alpha value is -0.810. The van der Waals surface area contributed by atoms with Gasteiger partial charge in [-0.1, -0.05) is 0 Å². The quantitative estimate of drug-likeness (QED) is 0.790. The Morgan fingerprint density at radius 2 is 0.923 bits per heavy atom. The molecule has 3 aliphatic rings. The molecule has 3 heterocycles. The lowest BCUT2D eigenvalue weighted by Crippen LogP contribution is -2.64. The smallest absolute Gasteiger partial charge is 0.320 e. The van der Waals surface area contributed by atoms with E-state index in [1.54, 1.807) is 0 Å². The van der Waals surface area contributed by atoms with Crippen LogP contribution in [0.5, 0.6) is 0 Å². The number of amides is 2. The van der Waals surface area contributed by atoms with Gasteiger partial charge in [-0.3, -0.25) is 0 Å². The minimum absolute atomic E-state index is 0.0683. The van der Waals surface area contributed by atoms with E-state index >= 15 is 0 Å². The molecule has 0 aromatic heterocycles. The van der Waals surface area contributed by atoms with Crippen molar-refractivity contribution in [3.63, 3.8) is 0 Å². The van der Waals surface area contributed by atoms with E-state index in [1.807, 2.05) is 0 Å². The molecular formula is C21H40N4O. The highest BCUT2D eigenvalue weighted by Gasteiger charge is 2.47. The van der Waals surface area contributed by atoms with Crippen LogP contribution >= 0.6 is 0 Å². The molecule has 0 unspecified atom stereocenters. The highest BCUT2D eigenvalue weighted by molar-refractivity contribution is 5.77. The van der Waals surface area contributed by atoms with Crippen LogP contribution < -0.4 is 10.6 Å². The summed E-state index contributed by atoms with van der Waals surface area (Å²) in [7, 11) is 0. The number of carbonyl (C=O) groups excluding carboxylic acids is 1. The first kappa shape index (κ1) is 19.9. The van der Waals surface area contributed by atoms with E-state index in [0.29, 0.717) is 12.1 Å². The van der Waals surface area contributed by atoms with E-state index in [1.165, 1.54) is 0 Å². The molecule has 2 N–H and O–H groups in total. The maximum atomic E-state index is 13.4. The standard InChI is InChI=1S/C21H40N4O/c1-18(2)11-15(12-19(3,4)22-18)24-9-10-25(17(24)26)16-13-20(5,6)23-21(7,8)14-16/h15-16,22-23H,9-14H2,1-8H3. The molecule has 3 aliphatic heterocycles. The number of hydrogen-bond acceptors (Lipinski definition) is 3. The maximum Gasteiger partial charge on any atom is 0.320 e. The minimum atomic E-state index is 0.0683. The van der Waals surface area contributed by atoms with Crippen LogP contribution in [0.15, 0.2) is 0 Å². The van der Waals surface area contributed by atoms with Crippen LogP contribution in [0.3, 0.4) is 0 Å². The van der Waals surface area contributed by atoms with Crippen molar-refractivity contribution in [2.75, 3.05) is 13.1 Å². The molecule has 0 radical (unpaired) electrons. The van der Waals surface area contributed by atoms with Gasteiger partial charge >= 0.3 is 6.03 Å². The number of urea groups is 1. The van der Waals surface area contributed by atoms with Crippen LogP contribution in [-0.2, 0) is 0 Å². The fourth-order valence-corrected chi connectivity index (χ4v) is 6.23. The monoisotopic (exact) mass is 364 g/mol. The van der Waals surface area contributed by atoms with Gasteiger partial charge in [0.25, 0.3) is 0 Å². The third-order valence-electron chi connectivity index (χ3n) is 6.29. The zero-order valence-corrected chi connectivity index (χ0v) is 18.2. The highest BCUT2D eigenvalue weighted by atomic mass is 16.2. The van der Waals surface area contributed by atoms with Crippen molar-refractivity contribution in [2.24, 2.45) is 0 Å². The van der Waals surface area contributed by atoms with Gasteiger partial charge in [0.2, 0.25) is 0 Å². The summed E-state index contributed by atoms with van der Waals surface area (Å²) in [5.41, 5.74) is 0.273. The Morgan fingerprint density at radius 3 is 1.19 bits per heavy atom. The molecule has 0 aromatic rings. The van der Waals surface area contributed by atoms with E-state index in [-0.39, 0.29) is 28.2 Å². The predicted molar refractivity (Wildman–Crippen MR) is 107 cm³/mol. The van der Waals surface area contributed by atoms with Gasteiger partial charge in [0.15, 0.2) is 0 Å². The third kappa shape index (κ3) is 4.19.